The third-order valence-electron chi connectivity index (χ3n) is 15.1. The van der Waals surface area contributed by atoms with Gasteiger partial charge in [0, 0.05) is 25.2 Å². The summed E-state index contributed by atoms with van der Waals surface area (Å²) in [5.41, 5.74) is -4.47. The van der Waals surface area contributed by atoms with Gasteiger partial charge < -0.3 is 37.9 Å². The largest absolute Gasteiger partial charge is 0.497 e. The molecule has 2 saturated heterocycles. The maximum Gasteiger partial charge on any atom is 0.417 e. The number of ether oxygens (including phenoxy) is 5. The van der Waals surface area contributed by atoms with Gasteiger partial charge in [0.1, 0.15) is 57.0 Å². The predicted octanol–water partition coefficient (Wildman–Crippen LogP) is 12.2. The summed E-state index contributed by atoms with van der Waals surface area (Å²) in [6.45, 7) is 19.4. The van der Waals surface area contributed by atoms with Crippen molar-refractivity contribution in [1.82, 2.24) is 19.9 Å². The Bertz CT molecular complexity index is 2860. The van der Waals surface area contributed by atoms with E-state index in [0.29, 0.717) is 48.3 Å². The van der Waals surface area contributed by atoms with Crippen LogP contribution in [0, 0.1) is 18.6 Å². The zero-order chi connectivity index (χ0) is 52.7. The third kappa shape index (κ3) is 10.1. The summed E-state index contributed by atoms with van der Waals surface area (Å²) in [5, 5.41) is -0.0694. The Morgan fingerprint density at radius 1 is 0.877 bits per heavy atom. The lowest BCUT2D eigenvalue weighted by atomic mass is 9.95. The first-order chi connectivity index (χ1) is 34.2. The van der Waals surface area contributed by atoms with E-state index < -0.39 is 84.0 Å². The number of amides is 1. The number of fused-ring (bicyclic) bond motifs is 5. The second kappa shape index (κ2) is 18.8. The Hall–Kier alpha value is -5.95. The van der Waals surface area contributed by atoms with Gasteiger partial charge in [0.2, 0.25) is 5.88 Å². The molecule has 3 fully saturated rings. The lowest BCUT2D eigenvalue weighted by Crippen LogP contribution is -2.65. The lowest BCUT2D eigenvalue weighted by molar-refractivity contribution is -0.137. The molecule has 3 aliphatic heterocycles. The second-order valence-electron chi connectivity index (χ2n) is 22.4. The first-order valence-corrected chi connectivity index (χ1v) is 27.7. The van der Waals surface area contributed by atoms with Gasteiger partial charge in [0.05, 0.1) is 50.2 Å². The van der Waals surface area contributed by atoms with Gasteiger partial charge in [0.15, 0.2) is 14.1 Å². The molecule has 0 N–H and O–H groups in total. The molecule has 4 atom stereocenters. The van der Waals surface area contributed by atoms with E-state index in [-0.39, 0.29) is 71.6 Å². The smallest absolute Gasteiger partial charge is 0.417 e. The molecule has 13 nitrogen and oxygen atoms in total. The summed E-state index contributed by atoms with van der Waals surface area (Å²) in [6, 6.07) is 13.5. The average Bonchev–Trinajstić information content (AvgIpc) is 4.03. The van der Waals surface area contributed by atoms with Crippen LogP contribution < -0.4 is 28.7 Å². The molecule has 3 aromatic carbocycles. The van der Waals surface area contributed by atoms with Gasteiger partial charge >= 0.3 is 18.3 Å². The van der Waals surface area contributed by atoms with Crippen molar-refractivity contribution in [1.29, 1.82) is 0 Å². The van der Waals surface area contributed by atoms with Crippen LogP contribution >= 0.6 is 0 Å². The van der Waals surface area contributed by atoms with Crippen molar-refractivity contribution in [2.24, 2.45) is 0 Å². The van der Waals surface area contributed by atoms with Gasteiger partial charge in [-0.3, -0.25) is 4.90 Å². The zero-order valence-corrected chi connectivity index (χ0v) is 44.6. The number of rotatable bonds is 13. The molecule has 73 heavy (non-hydrogen) atoms. The van der Waals surface area contributed by atoms with Gasteiger partial charge in [0.25, 0.3) is 0 Å². The number of hydrogen-bond acceptors (Lipinski definition) is 12. The van der Waals surface area contributed by atoms with Crippen molar-refractivity contribution in [2.45, 2.75) is 154 Å². The van der Waals surface area contributed by atoms with Gasteiger partial charge in [-0.1, -0.05) is 45.0 Å². The van der Waals surface area contributed by atoms with Crippen molar-refractivity contribution < 1.29 is 54.9 Å². The number of pyridine rings is 1. The fourth-order valence-electron chi connectivity index (χ4n) is 10.1. The standard InChI is InChI=1S/C54H65F5N6O7Si/c1-30-41(54(57,58)59)37(25-39(42(30)55)63(26-32-13-18-35(67-9)19-14-32)27-33-15-20-36(68-10)21-16-33)44-43(56)45-40-47(62-49(61-45)71-53(23-24-53)29-69-73(11,12)52(6,7)8)64-28-34-17-22-38(46(64)31(2)70-48(40)60-44)65(34)50(66)72-51(3,4)5/h13-16,18-21,25,31,34,38,46H,17,22-24,26-29H2,1-12H3/t31-,34+,38-,46+/m0/s1. The molecular weight excluding hydrogens is 968 g/mol. The maximum absolute atomic E-state index is 18.2. The summed E-state index contributed by atoms with van der Waals surface area (Å²) in [6.07, 6.45) is -4.01. The number of benzene rings is 3. The highest BCUT2D eigenvalue weighted by Crippen LogP contribution is 2.51. The number of aromatic nitrogens is 3. The summed E-state index contributed by atoms with van der Waals surface area (Å²) in [5.74, 6) is -1.20. The van der Waals surface area contributed by atoms with Crippen LogP contribution in [0.3, 0.4) is 0 Å². The summed E-state index contributed by atoms with van der Waals surface area (Å²) >= 11 is 0. The number of carbonyl (C=O) groups excluding carboxylic acids is 1. The molecule has 4 aliphatic rings. The molecule has 0 spiro atoms. The van der Waals surface area contributed by atoms with E-state index in [4.69, 9.17) is 33.1 Å². The van der Waals surface area contributed by atoms with Crippen molar-refractivity contribution in [3.63, 3.8) is 0 Å². The normalized spacial score (nSPS) is 20.3. The van der Waals surface area contributed by atoms with Crippen molar-refractivity contribution in [3.05, 3.63) is 88.5 Å². The van der Waals surface area contributed by atoms with Crippen molar-refractivity contribution in [2.75, 3.05) is 37.2 Å². The van der Waals surface area contributed by atoms with Gasteiger partial charge in [-0.2, -0.15) is 23.1 Å². The Labute approximate surface area is 424 Å². The molecule has 1 aliphatic carbocycles. The topological polar surface area (TPSA) is 121 Å². The van der Waals surface area contributed by atoms with Crippen LogP contribution in [0.2, 0.25) is 18.1 Å². The minimum atomic E-state index is -5.18. The minimum absolute atomic E-state index is 0.0312. The van der Waals surface area contributed by atoms with Crippen molar-refractivity contribution >= 4 is 36.8 Å². The Balaban J connectivity index is 1.23. The van der Waals surface area contributed by atoms with Crippen LogP contribution in [0.1, 0.15) is 96.4 Å². The molecule has 5 heterocycles. The quantitative estimate of drug-likeness (QED) is 0.0824. The van der Waals surface area contributed by atoms with Crippen LogP contribution in [-0.2, 0) is 28.4 Å². The van der Waals surface area contributed by atoms with Crippen LogP contribution in [-0.4, -0.2) is 97.1 Å². The second-order valence-corrected chi connectivity index (χ2v) is 27.2. The summed E-state index contributed by atoms with van der Waals surface area (Å²) in [7, 11) is 0.788. The number of hydrogen-bond donors (Lipinski definition) is 0. The van der Waals surface area contributed by atoms with E-state index in [1.165, 1.54) is 14.2 Å². The van der Waals surface area contributed by atoms with E-state index in [2.05, 4.69) is 43.8 Å². The number of piperazine rings is 1. The Kier molecular flexibility index (Phi) is 13.3. The van der Waals surface area contributed by atoms with E-state index in [9.17, 15) is 4.79 Å². The fourth-order valence-corrected chi connectivity index (χ4v) is 11.1. The SMILES string of the molecule is COc1ccc(CN(Cc2ccc(OC)cc2)c2cc(-c3nc4c5c(nc(OC6(CO[Si](C)(C)C(C)(C)C)CC6)nc5c3F)N3C[C@H]5CC[C@@H]([C@H]3[C@H](C)O4)N5C(=O)OC(C)(C)C)c(C(F)(F)F)c(C)c2F)cc1. The molecule has 19 heteroatoms. The minimum Gasteiger partial charge on any atom is -0.497 e. The summed E-state index contributed by atoms with van der Waals surface area (Å²) < 4.78 is 119. The van der Waals surface area contributed by atoms with Crippen LogP contribution in [0.25, 0.3) is 22.2 Å². The molecule has 2 aromatic heterocycles. The van der Waals surface area contributed by atoms with Gasteiger partial charge in [-0.05, 0) is 125 Å². The molecular formula is C54H65F5N6O7Si. The van der Waals surface area contributed by atoms with E-state index in [1.54, 1.807) is 86.0 Å². The molecule has 2 bridgehead atoms. The lowest BCUT2D eigenvalue weighted by Gasteiger charge is -2.48. The molecule has 9 rings (SSSR count). The highest BCUT2D eigenvalue weighted by Gasteiger charge is 2.55. The number of methoxy groups -OCH3 is 2. The molecule has 1 amide bonds. The molecule has 0 radical (unpaired) electrons. The molecule has 0 unspecified atom stereocenters. The van der Waals surface area contributed by atoms with E-state index >= 15 is 22.0 Å². The average molecular weight is 1030 g/mol. The van der Waals surface area contributed by atoms with Gasteiger partial charge in [-0.25, -0.2) is 18.6 Å². The van der Waals surface area contributed by atoms with Gasteiger partial charge in [-0.15, -0.1) is 0 Å². The number of carbonyl (C=O) groups is 1. The third-order valence-corrected chi connectivity index (χ3v) is 19.6. The van der Waals surface area contributed by atoms with Crippen LogP contribution in [0.4, 0.5) is 38.3 Å². The highest BCUT2D eigenvalue weighted by molar-refractivity contribution is 6.74. The summed E-state index contributed by atoms with van der Waals surface area (Å²) in [4.78, 5) is 33.5. The number of halogens is 5. The molecule has 392 valence electrons. The fraction of sp³-hybridized carbons (Fsp3) is 0.519. The van der Waals surface area contributed by atoms with E-state index in [1.807, 2.05) is 4.90 Å². The monoisotopic (exact) mass is 1030 g/mol. The van der Waals surface area contributed by atoms with Crippen LogP contribution in [0.15, 0.2) is 54.6 Å². The molecule has 5 aromatic rings. The zero-order valence-electron chi connectivity index (χ0n) is 43.6. The molecule has 1 saturated carbocycles. The Morgan fingerprint density at radius 3 is 2.01 bits per heavy atom. The maximum atomic E-state index is 18.2. The predicted molar refractivity (Wildman–Crippen MR) is 270 cm³/mol. The van der Waals surface area contributed by atoms with Crippen LogP contribution in [0.5, 0.6) is 23.4 Å². The van der Waals surface area contributed by atoms with Crippen molar-refractivity contribution in [3.8, 4) is 34.6 Å². The highest BCUT2D eigenvalue weighted by atomic mass is 28.4. The first kappa shape index (κ1) is 51.9. The Morgan fingerprint density at radius 2 is 1.48 bits per heavy atom. The number of anilines is 2. The first-order valence-electron chi connectivity index (χ1n) is 24.8. The van der Waals surface area contributed by atoms with E-state index in [0.717, 1.165) is 13.0 Å². The number of nitrogens with zero attached hydrogens (tertiary/aromatic N) is 6. The number of alkyl halides is 3.